The minimum absolute atomic E-state index is 0.0737. The molecule has 0 fully saturated rings. The third-order valence-corrected chi connectivity index (χ3v) is 3.53. The molecule has 1 heterocycles. The number of anilines is 1. The topological polar surface area (TPSA) is 34.0 Å². The van der Waals surface area contributed by atoms with E-state index in [1.807, 2.05) is 30.3 Å². The van der Waals surface area contributed by atoms with Crippen LogP contribution in [0.25, 0.3) is 10.9 Å². The van der Waals surface area contributed by atoms with Gasteiger partial charge in [0.15, 0.2) is 0 Å². The SMILES string of the molecule is Cn1c(=O)cc(NCc2cccc(F)c2)c2ccccc21. The van der Waals surface area contributed by atoms with Gasteiger partial charge in [0.2, 0.25) is 0 Å². The Morgan fingerprint density at radius 2 is 1.90 bits per heavy atom. The van der Waals surface area contributed by atoms with Crippen molar-refractivity contribution >= 4 is 16.6 Å². The lowest BCUT2D eigenvalue weighted by atomic mass is 10.1. The molecule has 0 saturated heterocycles. The molecule has 0 spiro atoms. The molecule has 106 valence electrons. The Hall–Kier alpha value is -2.62. The van der Waals surface area contributed by atoms with E-state index in [0.29, 0.717) is 6.54 Å². The molecule has 0 unspecified atom stereocenters. The molecule has 21 heavy (non-hydrogen) atoms. The van der Waals surface area contributed by atoms with Crippen LogP contribution in [0.15, 0.2) is 59.4 Å². The van der Waals surface area contributed by atoms with Gasteiger partial charge in [-0.1, -0.05) is 30.3 Å². The molecule has 0 amide bonds. The number of rotatable bonds is 3. The fraction of sp³-hybridized carbons (Fsp3) is 0.118. The maximum absolute atomic E-state index is 13.2. The number of pyridine rings is 1. The summed E-state index contributed by atoms with van der Waals surface area (Å²) in [6.45, 7) is 0.467. The van der Waals surface area contributed by atoms with E-state index in [4.69, 9.17) is 0 Å². The smallest absolute Gasteiger partial charge is 0.252 e. The van der Waals surface area contributed by atoms with Crippen LogP contribution in [0.4, 0.5) is 10.1 Å². The molecule has 3 nitrogen and oxygen atoms in total. The first-order valence-electron chi connectivity index (χ1n) is 6.72. The molecule has 1 aromatic heterocycles. The Balaban J connectivity index is 1.98. The molecule has 0 bridgehead atoms. The van der Waals surface area contributed by atoms with E-state index in [2.05, 4.69) is 5.32 Å². The molecule has 3 rings (SSSR count). The zero-order chi connectivity index (χ0) is 14.8. The highest BCUT2D eigenvalue weighted by molar-refractivity contribution is 5.91. The van der Waals surface area contributed by atoms with Gasteiger partial charge in [-0.05, 0) is 23.8 Å². The Labute approximate surface area is 121 Å². The lowest BCUT2D eigenvalue weighted by Gasteiger charge is -2.12. The van der Waals surface area contributed by atoms with E-state index >= 15 is 0 Å². The summed E-state index contributed by atoms with van der Waals surface area (Å²) in [4.78, 5) is 12.0. The van der Waals surface area contributed by atoms with Gasteiger partial charge in [-0.25, -0.2) is 4.39 Å². The molecule has 0 aliphatic heterocycles. The number of benzene rings is 2. The van der Waals surface area contributed by atoms with Crippen molar-refractivity contribution in [3.05, 3.63) is 76.3 Å². The second-order valence-corrected chi connectivity index (χ2v) is 4.96. The molecule has 1 N–H and O–H groups in total. The highest BCUT2D eigenvalue weighted by atomic mass is 19.1. The first-order chi connectivity index (χ1) is 10.1. The highest BCUT2D eigenvalue weighted by Crippen LogP contribution is 2.21. The lowest BCUT2D eigenvalue weighted by Crippen LogP contribution is -2.17. The molecule has 4 heteroatoms. The van der Waals surface area contributed by atoms with Gasteiger partial charge in [0, 0.05) is 30.7 Å². The van der Waals surface area contributed by atoms with Crippen LogP contribution in [0.2, 0.25) is 0 Å². The Morgan fingerprint density at radius 3 is 2.71 bits per heavy atom. The highest BCUT2D eigenvalue weighted by Gasteiger charge is 2.06. The van der Waals surface area contributed by atoms with Crippen molar-refractivity contribution in [3.63, 3.8) is 0 Å². The van der Waals surface area contributed by atoms with Crippen molar-refractivity contribution in [3.8, 4) is 0 Å². The molecule has 0 radical (unpaired) electrons. The normalized spacial score (nSPS) is 10.8. The van der Waals surface area contributed by atoms with Crippen molar-refractivity contribution < 1.29 is 4.39 Å². The minimum atomic E-state index is -0.261. The number of halogens is 1. The summed E-state index contributed by atoms with van der Waals surface area (Å²) in [5, 5.41) is 4.19. The summed E-state index contributed by atoms with van der Waals surface area (Å²) in [7, 11) is 1.75. The summed E-state index contributed by atoms with van der Waals surface area (Å²) in [5.41, 5.74) is 2.39. The van der Waals surface area contributed by atoms with Gasteiger partial charge < -0.3 is 9.88 Å². The van der Waals surface area contributed by atoms with Gasteiger partial charge in [0.05, 0.1) is 5.52 Å². The van der Waals surface area contributed by atoms with Crippen LogP contribution >= 0.6 is 0 Å². The zero-order valence-corrected chi connectivity index (χ0v) is 11.6. The number of nitrogens with zero attached hydrogens (tertiary/aromatic N) is 1. The predicted octanol–water partition coefficient (Wildman–Crippen LogP) is 3.29. The fourth-order valence-electron chi connectivity index (χ4n) is 2.40. The van der Waals surface area contributed by atoms with Crippen molar-refractivity contribution in [2.24, 2.45) is 7.05 Å². The van der Waals surface area contributed by atoms with Crippen LogP contribution in [0, 0.1) is 5.82 Å². The average molecular weight is 282 g/mol. The number of para-hydroxylation sites is 1. The lowest BCUT2D eigenvalue weighted by molar-refractivity contribution is 0.626. The Bertz CT molecular complexity index is 855. The molecule has 0 aliphatic carbocycles. The van der Waals surface area contributed by atoms with Crippen molar-refractivity contribution in [1.29, 1.82) is 0 Å². The maximum Gasteiger partial charge on any atom is 0.252 e. The van der Waals surface area contributed by atoms with Crippen LogP contribution in [-0.2, 0) is 13.6 Å². The average Bonchev–Trinajstić information content (AvgIpc) is 2.50. The minimum Gasteiger partial charge on any atom is -0.380 e. The van der Waals surface area contributed by atoms with Gasteiger partial charge in [-0.3, -0.25) is 4.79 Å². The van der Waals surface area contributed by atoms with Crippen LogP contribution in [-0.4, -0.2) is 4.57 Å². The molecule has 3 aromatic rings. The Kier molecular flexibility index (Phi) is 3.44. The van der Waals surface area contributed by atoms with Crippen LogP contribution in [0.1, 0.15) is 5.56 Å². The van der Waals surface area contributed by atoms with E-state index in [9.17, 15) is 9.18 Å². The van der Waals surface area contributed by atoms with Crippen molar-refractivity contribution in [2.75, 3.05) is 5.32 Å². The van der Waals surface area contributed by atoms with E-state index in [1.165, 1.54) is 12.1 Å². The summed E-state index contributed by atoms with van der Waals surface area (Å²) in [6, 6.07) is 15.7. The number of hydrogen-bond acceptors (Lipinski definition) is 2. The monoisotopic (exact) mass is 282 g/mol. The second-order valence-electron chi connectivity index (χ2n) is 4.96. The first-order valence-corrected chi connectivity index (χ1v) is 6.72. The summed E-state index contributed by atoms with van der Waals surface area (Å²) in [6.07, 6.45) is 0. The number of aromatic nitrogens is 1. The number of fused-ring (bicyclic) bond motifs is 1. The van der Waals surface area contributed by atoms with Crippen LogP contribution < -0.4 is 10.9 Å². The third kappa shape index (κ3) is 2.65. The second kappa shape index (κ2) is 5.40. The summed E-state index contributed by atoms with van der Waals surface area (Å²) < 4.78 is 14.8. The number of aryl methyl sites for hydroxylation is 1. The van der Waals surface area contributed by atoms with E-state index in [-0.39, 0.29) is 11.4 Å². The van der Waals surface area contributed by atoms with Gasteiger partial charge in [-0.15, -0.1) is 0 Å². The first kappa shape index (κ1) is 13.4. The van der Waals surface area contributed by atoms with Gasteiger partial charge in [0.25, 0.3) is 5.56 Å². The summed E-state index contributed by atoms with van der Waals surface area (Å²) in [5.74, 6) is -0.261. The van der Waals surface area contributed by atoms with E-state index in [0.717, 1.165) is 22.2 Å². The van der Waals surface area contributed by atoms with Gasteiger partial charge in [-0.2, -0.15) is 0 Å². The molecule has 2 aromatic carbocycles. The van der Waals surface area contributed by atoms with Crippen molar-refractivity contribution in [1.82, 2.24) is 4.57 Å². The number of hydrogen-bond donors (Lipinski definition) is 1. The molecule has 0 saturated carbocycles. The van der Waals surface area contributed by atoms with Gasteiger partial charge in [0.1, 0.15) is 5.82 Å². The largest absolute Gasteiger partial charge is 0.380 e. The fourth-order valence-corrected chi connectivity index (χ4v) is 2.40. The molecular weight excluding hydrogens is 267 g/mol. The molecular formula is C17H15FN2O. The maximum atomic E-state index is 13.2. The molecule has 0 aliphatic rings. The summed E-state index contributed by atoms with van der Waals surface area (Å²) >= 11 is 0. The van der Waals surface area contributed by atoms with E-state index < -0.39 is 0 Å². The van der Waals surface area contributed by atoms with Gasteiger partial charge >= 0.3 is 0 Å². The van der Waals surface area contributed by atoms with Crippen LogP contribution in [0.5, 0.6) is 0 Å². The Morgan fingerprint density at radius 1 is 1.10 bits per heavy atom. The quantitative estimate of drug-likeness (QED) is 0.800. The zero-order valence-electron chi connectivity index (χ0n) is 11.6. The van der Waals surface area contributed by atoms with E-state index in [1.54, 1.807) is 23.7 Å². The predicted molar refractivity (Wildman–Crippen MR) is 82.9 cm³/mol. The number of nitrogens with one attached hydrogen (secondary N) is 1. The van der Waals surface area contributed by atoms with Crippen molar-refractivity contribution in [2.45, 2.75) is 6.54 Å². The van der Waals surface area contributed by atoms with Crippen LogP contribution in [0.3, 0.4) is 0 Å². The standard InChI is InChI=1S/C17H15FN2O/c1-20-16-8-3-2-7-14(16)15(10-17(20)21)19-11-12-5-4-6-13(18)9-12/h2-10,19H,11H2,1H3. The third-order valence-electron chi connectivity index (χ3n) is 3.53. The molecule has 0 atom stereocenters.